The maximum absolute atomic E-state index is 5.70. The minimum absolute atomic E-state index is 0.625. The lowest BCUT2D eigenvalue weighted by Gasteiger charge is -2.06. The summed E-state index contributed by atoms with van der Waals surface area (Å²) >= 11 is 5.70. The second-order valence-electron chi connectivity index (χ2n) is 4.17. The molecule has 0 heterocycles. The Morgan fingerprint density at radius 3 is 2.67 bits per heavy atom. The molecule has 2 aromatic rings. The third-order valence-electron chi connectivity index (χ3n) is 2.76. The van der Waals surface area contributed by atoms with Gasteiger partial charge in [0.2, 0.25) is 0 Å². The molecule has 1 N–H and O–H groups in total. The molecule has 0 saturated heterocycles. The van der Waals surface area contributed by atoms with Gasteiger partial charge in [-0.05, 0) is 34.5 Å². The van der Waals surface area contributed by atoms with Crippen LogP contribution in [0.5, 0.6) is 5.75 Å². The Morgan fingerprint density at radius 1 is 1.22 bits per heavy atom. The van der Waals surface area contributed by atoms with E-state index in [1.807, 2.05) is 12.1 Å². The van der Waals surface area contributed by atoms with E-state index in [-0.39, 0.29) is 0 Å². The first-order valence-corrected chi connectivity index (χ1v) is 6.17. The topological polar surface area (TPSA) is 21.3 Å². The highest BCUT2D eigenvalue weighted by molar-refractivity contribution is 6.29. The molecule has 0 aliphatic heterocycles. The molecule has 2 aromatic carbocycles. The number of halogens is 1. The molecule has 18 heavy (non-hydrogen) atoms. The van der Waals surface area contributed by atoms with Gasteiger partial charge in [0.1, 0.15) is 5.75 Å². The van der Waals surface area contributed by atoms with Crippen LogP contribution in [-0.2, 0) is 6.54 Å². The summed E-state index contributed by atoms with van der Waals surface area (Å²) in [5, 5.41) is 6.25. The zero-order valence-electron chi connectivity index (χ0n) is 10.4. The lowest BCUT2D eigenvalue weighted by atomic mass is 10.1. The first-order valence-electron chi connectivity index (χ1n) is 5.80. The molecular formula is C15H16ClNO. The van der Waals surface area contributed by atoms with Crippen LogP contribution in [0.1, 0.15) is 5.56 Å². The summed E-state index contributed by atoms with van der Waals surface area (Å²) in [6.07, 6.45) is 0. The second kappa shape index (κ2) is 5.89. The Hall–Kier alpha value is -1.51. The smallest absolute Gasteiger partial charge is 0.119 e. The monoisotopic (exact) mass is 261 g/mol. The van der Waals surface area contributed by atoms with Crippen LogP contribution in [0.3, 0.4) is 0 Å². The fraction of sp³-hybridized carbons (Fsp3) is 0.200. The Labute approximate surface area is 112 Å². The van der Waals surface area contributed by atoms with Crippen molar-refractivity contribution >= 4 is 22.4 Å². The number of methoxy groups -OCH3 is 1. The van der Waals surface area contributed by atoms with Gasteiger partial charge in [-0.1, -0.05) is 36.4 Å². The van der Waals surface area contributed by atoms with Gasteiger partial charge in [0.25, 0.3) is 0 Å². The number of rotatable bonds is 5. The van der Waals surface area contributed by atoms with E-state index in [1.54, 1.807) is 7.11 Å². The largest absolute Gasteiger partial charge is 0.497 e. The van der Waals surface area contributed by atoms with Crippen molar-refractivity contribution in [2.24, 2.45) is 0 Å². The van der Waals surface area contributed by atoms with Gasteiger partial charge in [0.15, 0.2) is 0 Å². The highest BCUT2D eigenvalue weighted by Gasteiger charge is 1.99. The predicted octanol–water partition coefficient (Wildman–Crippen LogP) is 3.69. The molecule has 0 amide bonds. The minimum atomic E-state index is 0.625. The van der Waals surface area contributed by atoms with Crippen molar-refractivity contribution in [2.75, 3.05) is 13.7 Å². The maximum atomic E-state index is 5.70. The van der Waals surface area contributed by atoms with Crippen molar-refractivity contribution in [1.29, 1.82) is 0 Å². The fourth-order valence-corrected chi connectivity index (χ4v) is 1.95. The third kappa shape index (κ3) is 3.25. The highest BCUT2D eigenvalue weighted by Crippen LogP contribution is 2.21. The quantitative estimate of drug-likeness (QED) is 0.886. The van der Waals surface area contributed by atoms with Gasteiger partial charge in [-0.3, -0.25) is 0 Å². The van der Waals surface area contributed by atoms with E-state index in [2.05, 4.69) is 36.2 Å². The van der Waals surface area contributed by atoms with E-state index in [4.69, 9.17) is 16.3 Å². The molecule has 0 spiro atoms. The molecule has 0 unspecified atom stereocenters. The molecule has 2 nitrogen and oxygen atoms in total. The van der Waals surface area contributed by atoms with Crippen LogP contribution in [-0.4, -0.2) is 13.7 Å². The number of fused-ring (bicyclic) bond motifs is 1. The van der Waals surface area contributed by atoms with Gasteiger partial charge in [-0.25, -0.2) is 0 Å². The summed E-state index contributed by atoms with van der Waals surface area (Å²) in [4.78, 5) is 0. The van der Waals surface area contributed by atoms with E-state index >= 15 is 0 Å². The van der Waals surface area contributed by atoms with Crippen LogP contribution in [0.2, 0.25) is 0 Å². The van der Waals surface area contributed by atoms with Gasteiger partial charge < -0.3 is 10.1 Å². The van der Waals surface area contributed by atoms with E-state index in [9.17, 15) is 0 Å². The predicted molar refractivity (Wildman–Crippen MR) is 77.2 cm³/mol. The molecular weight excluding hydrogens is 246 g/mol. The summed E-state index contributed by atoms with van der Waals surface area (Å²) in [5.74, 6) is 0.881. The zero-order valence-corrected chi connectivity index (χ0v) is 11.1. The summed E-state index contributed by atoms with van der Waals surface area (Å²) in [5.41, 5.74) is 1.23. The standard InChI is InChI=1S/C15H16ClNO/c1-11(16)9-17-10-12-3-4-14-8-15(18-2)6-5-13(14)7-12/h3-8,17H,1,9-10H2,2H3. The fourth-order valence-electron chi connectivity index (χ4n) is 1.85. The minimum Gasteiger partial charge on any atom is -0.497 e. The Kier molecular flexibility index (Phi) is 4.24. The van der Waals surface area contributed by atoms with Crippen LogP contribution in [0.25, 0.3) is 10.8 Å². The molecule has 0 aromatic heterocycles. The van der Waals surface area contributed by atoms with Crippen molar-refractivity contribution in [3.63, 3.8) is 0 Å². The molecule has 0 aliphatic rings. The van der Waals surface area contributed by atoms with Crippen molar-refractivity contribution in [2.45, 2.75) is 6.54 Å². The lowest BCUT2D eigenvalue weighted by molar-refractivity contribution is 0.415. The van der Waals surface area contributed by atoms with Gasteiger partial charge >= 0.3 is 0 Å². The zero-order chi connectivity index (χ0) is 13.0. The molecule has 0 fully saturated rings. The number of nitrogens with one attached hydrogen (secondary N) is 1. The van der Waals surface area contributed by atoms with Crippen LogP contribution in [0.15, 0.2) is 48.0 Å². The molecule has 94 valence electrons. The van der Waals surface area contributed by atoms with Crippen molar-refractivity contribution < 1.29 is 4.74 Å². The van der Waals surface area contributed by atoms with Crippen molar-refractivity contribution in [1.82, 2.24) is 5.32 Å². The Balaban J connectivity index is 2.15. The summed E-state index contributed by atoms with van der Waals surface area (Å²) < 4.78 is 5.21. The average Bonchev–Trinajstić information content (AvgIpc) is 2.37. The molecule has 2 rings (SSSR count). The third-order valence-corrected chi connectivity index (χ3v) is 2.89. The molecule has 0 saturated carbocycles. The summed E-state index contributed by atoms with van der Waals surface area (Å²) in [7, 11) is 1.68. The van der Waals surface area contributed by atoms with E-state index in [0.29, 0.717) is 11.6 Å². The average molecular weight is 262 g/mol. The van der Waals surface area contributed by atoms with Crippen LogP contribution in [0.4, 0.5) is 0 Å². The number of hydrogen-bond donors (Lipinski definition) is 1. The van der Waals surface area contributed by atoms with Crippen molar-refractivity contribution in [3.05, 3.63) is 53.6 Å². The SMILES string of the molecule is C=C(Cl)CNCc1ccc2cc(OC)ccc2c1. The number of benzene rings is 2. The molecule has 0 radical (unpaired) electrons. The summed E-state index contributed by atoms with van der Waals surface area (Å²) in [6, 6.07) is 12.4. The maximum Gasteiger partial charge on any atom is 0.119 e. The molecule has 0 bridgehead atoms. The van der Waals surface area contributed by atoms with E-state index in [0.717, 1.165) is 12.3 Å². The highest BCUT2D eigenvalue weighted by atomic mass is 35.5. The van der Waals surface area contributed by atoms with E-state index < -0.39 is 0 Å². The number of ether oxygens (including phenoxy) is 1. The van der Waals surface area contributed by atoms with Gasteiger partial charge in [-0.2, -0.15) is 0 Å². The Bertz CT molecular complexity index is 565. The second-order valence-corrected chi connectivity index (χ2v) is 4.70. The van der Waals surface area contributed by atoms with Crippen LogP contribution >= 0.6 is 11.6 Å². The molecule has 3 heteroatoms. The van der Waals surface area contributed by atoms with Crippen LogP contribution in [0, 0.1) is 0 Å². The van der Waals surface area contributed by atoms with Gasteiger partial charge in [0.05, 0.1) is 7.11 Å². The van der Waals surface area contributed by atoms with Gasteiger partial charge in [0, 0.05) is 18.1 Å². The first-order chi connectivity index (χ1) is 8.69. The first kappa shape index (κ1) is 12.9. The molecule has 0 atom stereocenters. The Morgan fingerprint density at radius 2 is 1.94 bits per heavy atom. The van der Waals surface area contributed by atoms with E-state index in [1.165, 1.54) is 16.3 Å². The van der Waals surface area contributed by atoms with Crippen molar-refractivity contribution in [3.8, 4) is 5.75 Å². The lowest BCUT2D eigenvalue weighted by Crippen LogP contribution is -2.14. The molecule has 0 aliphatic carbocycles. The van der Waals surface area contributed by atoms with Gasteiger partial charge in [-0.15, -0.1) is 0 Å². The van der Waals surface area contributed by atoms with Crippen LogP contribution < -0.4 is 10.1 Å². The normalized spacial score (nSPS) is 10.6. The number of hydrogen-bond acceptors (Lipinski definition) is 2. The summed E-state index contributed by atoms with van der Waals surface area (Å²) in [6.45, 7) is 5.06.